The van der Waals surface area contributed by atoms with Crippen LogP contribution in [-0.4, -0.2) is 24.9 Å². The van der Waals surface area contributed by atoms with Gasteiger partial charge in [-0.25, -0.2) is 4.52 Å². The molecule has 1 fully saturated rings. The highest BCUT2D eigenvalue weighted by Crippen LogP contribution is 2.64. The molecule has 2 aromatic rings. The van der Waals surface area contributed by atoms with Crippen molar-refractivity contribution >= 4 is 36.3 Å². The topological polar surface area (TPSA) is 12.5 Å². The molecule has 2 aromatic carbocycles. The fraction of sp³-hybridized carbons (Fsp3) is 0.333. The van der Waals surface area contributed by atoms with Crippen LogP contribution in [0.1, 0.15) is 19.4 Å². The Morgan fingerprint density at radius 3 is 2.48 bits per heavy atom. The van der Waals surface area contributed by atoms with Crippen molar-refractivity contribution in [2.24, 2.45) is 5.92 Å². The SMILES string of the molecule is B[P+]1(c2ccccc2)OCC(C(C)C)N1Cc1ccccc1Br. The minimum absolute atomic E-state index is 0.459. The van der Waals surface area contributed by atoms with Crippen LogP contribution in [-0.2, 0) is 11.1 Å². The maximum atomic E-state index is 6.45. The summed E-state index contributed by atoms with van der Waals surface area (Å²) in [5.74, 6) is 0.572. The van der Waals surface area contributed by atoms with Gasteiger partial charge in [-0.05, 0) is 29.7 Å². The Morgan fingerprint density at radius 2 is 1.83 bits per heavy atom. The molecule has 5 heteroatoms. The van der Waals surface area contributed by atoms with Gasteiger partial charge in [0.05, 0.1) is 12.6 Å². The van der Waals surface area contributed by atoms with Gasteiger partial charge < -0.3 is 0 Å². The van der Waals surface area contributed by atoms with Crippen molar-refractivity contribution in [1.29, 1.82) is 0 Å². The predicted octanol–water partition coefficient (Wildman–Crippen LogP) is 4.03. The summed E-state index contributed by atoms with van der Waals surface area (Å²) in [5, 5.41) is 1.33. The second kappa shape index (κ2) is 7.07. The molecule has 1 saturated heterocycles. The lowest BCUT2D eigenvalue weighted by molar-refractivity contribution is 0.250. The number of benzene rings is 2. The van der Waals surface area contributed by atoms with E-state index in [1.165, 1.54) is 15.3 Å². The van der Waals surface area contributed by atoms with Crippen LogP contribution in [0.15, 0.2) is 59.1 Å². The highest BCUT2D eigenvalue weighted by atomic mass is 79.9. The Bertz CT molecular complexity index is 669. The first-order valence-electron chi connectivity index (χ1n) is 8.09. The van der Waals surface area contributed by atoms with E-state index in [4.69, 9.17) is 4.52 Å². The molecule has 2 unspecified atom stereocenters. The molecule has 2 atom stereocenters. The summed E-state index contributed by atoms with van der Waals surface area (Å²) in [5.41, 5.74) is 1.32. The van der Waals surface area contributed by atoms with E-state index in [-0.39, 0.29) is 0 Å². The number of hydrogen-bond acceptors (Lipinski definition) is 2. The summed E-state index contributed by atoms with van der Waals surface area (Å²) in [4.78, 5) is 0. The Balaban J connectivity index is 1.98. The molecule has 3 rings (SSSR count). The lowest BCUT2D eigenvalue weighted by Gasteiger charge is -2.31. The van der Waals surface area contributed by atoms with Crippen LogP contribution in [0.25, 0.3) is 0 Å². The van der Waals surface area contributed by atoms with Gasteiger partial charge in [-0.15, -0.1) is 0 Å². The quantitative estimate of drug-likeness (QED) is 0.577. The molecule has 23 heavy (non-hydrogen) atoms. The van der Waals surface area contributed by atoms with E-state index in [2.05, 4.69) is 96.6 Å². The molecule has 0 saturated carbocycles. The standard InChI is InChI=1S/C18H23BBrNOP/c1-14(2)18-13-22-23(19,16-9-4-3-5-10-16)21(18)12-15-8-6-7-11-17(15)20/h3-11,14,18H,12-13,19H2,1-2H3/q+1. The normalized spacial score (nSPS) is 25.1. The predicted molar refractivity (Wildman–Crippen MR) is 106 cm³/mol. The van der Waals surface area contributed by atoms with E-state index in [0.29, 0.717) is 12.0 Å². The van der Waals surface area contributed by atoms with Crippen molar-refractivity contribution < 1.29 is 4.52 Å². The van der Waals surface area contributed by atoms with Crippen molar-refractivity contribution in [1.82, 2.24) is 4.67 Å². The molecule has 0 radical (unpaired) electrons. The maximum absolute atomic E-state index is 6.45. The molecule has 1 aliphatic rings. The van der Waals surface area contributed by atoms with Crippen LogP contribution in [0, 0.1) is 5.92 Å². The van der Waals surface area contributed by atoms with E-state index in [1.54, 1.807) is 0 Å². The third-order valence-electron chi connectivity index (χ3n) is 4.66. The van der Waals surface area contributed by atoms with Crippen molar-refractivity contribution in [2.75, 3.05) is 6.61 Å². The van der Waals surface area contributed by atoms with Gasteiger partial charge in [0, 0.05) is 4.47 Å². The second-order valence-corrected chi connectivity index (χ2v) is 10.4. The molecule has 120 valence electrons. The zero-order chi connectivity index (χ0) is 16.4. The number of halogens is 1. The first-order chi connectivity index (χ1) is 11.0. The van der Waals surface area contributed by atoms with Crippen molar-refractivity contribution in [3.63, 3.8) is 0 Å². The Morgan fingerprint density at radius 1 is 1.17 bits per heavy atom. The summed E-state index contributed by atoms with van der Waals surface area (Å²) < 4.78 is 10.2. The molecule has 1 aliphatic heterocycles. The van der Waals surface area contributed by atoms with Gasteiger partial charge in [0.2, 0.25) is 0 Å². The molecular weight excluding hydrogens is 368 g/mol. The summed E-state index contributed by atoms with van der Waals surface area (Å²) in [6.07, 6.45) is 0. The molecule has 0 amide bonds. The summed E-state index contributed by atoms with van der Waals surface area (Å²) in [7, 11) is 0.542. The van der Waals surface area contributed by atoms with Gasteiger partial charge in [0.1, 0.15) is 11.9 Å². The highest BCUT2D eigenvalue weighted by molar-refractivity contribution is 9.10. The van der Waals surface area contributed by atoms with Gasteiger partial charge in [-0.2, -0.15) is 4.67 Å². The fourth-order valence-electron chi connectivity index (χ4n) is 3.18. The van der Waals surface area contributed by atoms with Crippen molar-refractivity contribution in [2.45, 2.75) is 26.4 Å². The maximum Gasteiger partial charge on any atom is 0.367 e. The Labute approximate surface area is 149 Å². The average Bonchev–Trinajstić information content (AvgIpc) is 2.89. The monoisotopic (exact) mass is 390 g/mol. The van der Waals surface area contributed by atoms with Gasteiger partial charge >= 0.3 is 7.57 Å². The van der Waals surface area contributed by atoms with Crippen molar-refractivity contribution in [3.8, 4) is 0 Å². The van der Waals surface area contributed by atoms with Crippen LogP contribution in [0.3, 0.4) is 0 Å². The largest absolute Gasteiger partial charge is 0.367 e. The minimum atomic E-state index is -1.77. The van der Waals surface area contributed by atoms with Crippen LogP contribution in [0.2, 0.25) is 0 Å². The smallest absolute Gasteiger partial charge is 0.231 e. The van der Waals surface area contributed by atoms with Gasteiger partial charge in [0.25, 0.3) is 0 Å². The number of hydrogen-bond donors (Lipinski definition) is 0. The number of nitrogens with zero attached hydrogens (tertiary/aromatic N) is 1. The minimum Gasteiger partial charge on any atom is -0.231 e. The molecule has 1 heterocycles. The fourth-order valence-corrected chi connectivity index (χ4v) is 6.68. The third kappa shape index (κ3) is 3.41. The van der Waals surface area contributed by atoms with E-state index in [9.17, 15) is 0 Å². The van der Waals surface area contributed by atoms with E-state index < -0.39 is 7.52 Å². The number of rotatable bonds is 4. The molecule has 0 bridgehead atoms. The highest BCUT2D eigenvalue weighted by Gasteiger charge is 2.54. The van der Waals surface area contributed by atoms with Gasteiger partial charge in [0.15, 0.2) is 7.52 Å². The molecular formula is C18H23BBrNOP+. The summed E-state index contributed by atoms with van der Waals surface area (Å²) >= 11 is 3.70. The summed E-state index contributed by atoms with van der Waals surface area (Å²) in [6.45, 7) is 6.33. The molecule has 2 nitrogen and oxygen atoms in total. The Kier molecular flexibility index (Phi) is 5.27. The lowest BCUT2D eigenvalue weighted by atomic mass is 10.1. The molecule has 0 N–H and O–H groups in total. The first-order valence-corrected chi connectivity index (χ1v) is 11.0. The van der Waals surface area contributed by atoms with Gasteiger partial charge in [-0.1, -0.05) is 66.2 Å². The van der Waals surface area contributed by atoms with E-state index in [0.717, 1.165) is 13.2 Å². The van der Waals surface area contributed by atoms with Crippen LogP contribution in [0.4, 0.5) is 0 Å². The van der Waals surface area contributed by atoms with Crippen LogP contribution in [0.5, 0.6) is 0 Å². The van der Waals surface area contributed by atoms with Crippen molar-refractivity contribution in [3.05, 3.63) is 64.6 Å². The van der Waals surface area contributed by atoms with E-state index >= 15 is 0 Å². The first kappa shape index (κ1) is 17.2. The second-order valence-electron chi connectivity index (χ2n) is 6.51. The summed E-state index contributed by atoms with van der Waals surface area (Å²) in [6, 6.07) is 19.7. The Hall–Kier alpha value is -0.665. The zero-order valence-electron chi connectivity index (χ0n) is 13.9. The third-order valence-corrected chi connectivity index (χ3v) is 8.76. The zero-order valence-corrected chi connectivity index (χ0v) is 16.4. The lowest BCUT2D eigenvalue weighted by Crippen LogP contribution is -2.36. The molecule has 0 aliphatic carbocycles. The van der Waals surface area contributed by atoms with Crippen LogP contribution < -0.4 is 5.30 Å². The van der Waals surface area contributed by atoms with Crippen LogP contribution >= 0.6 is 23.4 Å². The van der Waals surface area contributed by atoms with Gasteiger partial charge in [-0.3, -0.25) is 0 Å². The van der Waals surface area contributed by atoms with E-state index in [1.807, 2.05) is 0 Å². The average molecular weight is 391 g/mol. The molecule has 0 spiro atoms. The molecule has 0 aromatic heterocycles.